The molecule has 1 N–H and O–H groups in total. The summed E-state index contributed by atoms with van der Waals surface area (Å²) >= 11 is 12.0. The fraction of sp³-hybridized carbons (Fsp3) is 0.357. The van der Waals surface area contributed by atoms with Crippen LogP contribution in [0.15, 0.2) is 24.3 Å². The minimum Gasteiger partial charge on any atom is -0.394 e. The lowest BCUT2D eigenvalue weighted by atomic mass is 10.2. The van der Waals surface area contributed by atoms with Crippen molar-refractivity contribution in [2.45, 2.75) is 18.9 Å². The van der Waals surface area contributed by atoms with Crippen molar-refractivity contribution in [3.8, 4) is 0 Å². The van der Waals surface area contributed by atoms with Crippen molar-refractivity contribution >= 4 is 35.2 Å². The van der Waals surface area contributed by atoms with Gasteiger partial charge >= 0.3 is 0 Å². The van der Waals surface area contributed by atoms with E-state index < -0.39 is 0 Å². The topological polar surface area (TPSA) is 40.5 Å². The van der Waals surface area contributed by atoms with Gasteiger partial charge in [-0.2, -0.15) is 0 Å². The van der Waals surface area contributed by atoms with Gasteiger partial charge in [0.1, 0.15) is 0 Å². The Morgan fingerprint density at radius 3 is 3.00 bits per heavy atom. The van der Waals surface area contributed by atoms with Crippen LogP contribution < -0.4 is 0 Å². The number of halogens is 2. The number of hydrogen-bond donors (Lipinski definition) is 1. The molecule has 1 heterocycles. The monoisotopic (exact) mass is 299 g/mol. The summed E-state index contributed by atoms with van der Waals surface area (Å²) in [5, 5.41) is 10.1. The van der Waals surface area contributed by atoms with Crippen LogP contribution >= 0.6 is 23.2 Å². The molecule has 1 aliphatic rings. The molecule has 1 aromatic carbocycles. The number of carbonyl (C=O) groups is 1. The molecule has 0 bridgehead atoms. The largest absolute Gasteiger partial charge is 0.394 e. The Bertz CT molecular complexity index is 502. The summed E-state index contributed by atoms with van der Waals surface area (Å²) in [5.74, 6) is -0.104. The number of likely N-dealkylation sites (tertiary alicyclic amines) is 1. The predicted octanol–water partition coefficient (Wildman–Crippen LogP) is 2.99. The first-order chi connectivity index (χ1) is 9.13. The van der Waals surface area contributed by atoms with Gasteiger partial charge in [0.2, 0.25) is 5.91 Å². The number of hydrogen-bond acceptors (Lipinski definition) is 2. The van der Waals surface area contributed by atoms with Crippen LogP contribution in [-0.4, -0.2) is 35.1 Å². The van der Waals surface area contributed by atoms with E-state index in [1.165, 1.54) is 6.08 Å². The maximum atomic E-state index is 12.0. The average molecular weight is 300 g/mol. The molecule has 1 aromatic rings. The molecule has 1 amide bonds. The van der Waals surface area contributed by atoms with Crippen LogP contribution in [0, 0.1) is 0 Å². The van der Waals surface area contributed by atoms with Gasteiger partial charge in [-0.3, -0.25) is 4.79 Å². The van der Waals surface area contributed by atoms with Crippen molar-refractivity contribution in [2.75, 3.05) is 13.2 Å². The van der Waals surface area contributed by atoms with Crippen LogP contribution in [0.5, 0.6) is 0 Å². The van der Waals surface area contributed by atoms with Gasteiger partial charge in [-0.15, -0.1) is 0 Å². The zero-order valence-corrected chi connectivity index (χ0v) is 11.9. The normalized spacial score (nSPS) is 19.3. The molecule has 1 fully saturated rings. The van der Waals surface area contributed by atoms with Crippen molar-refractivity contribution in [2.24, 2.45) is 0 Å². The average Bonchev–Trinajstić information content (AvgIpc) is 2.88. The minimum absolute atomic E-state index is 0.0114. The van der Waals surface area contributed by atoms with E-state index in [1.54, 1.807) is 29.2 Å². The van der Waals surface area contributed by atoms with E-state index in [4.69, 9.17) is 23.2 Å². The van der Waals surface area contributed by atoms with E-state index in [2.05, 4.69) is 0 Å². The van der Waals surface area contributed by atoms with E-state index in [0.29, 0.717) is 22.2 Å². The Kier molecular flexibility index (Phi) is 4.86. The molecule has 5 heteroatoms. The fourth-order valence-electron chi connectivity index (χ4n) is 2.22. The van der Waals surface area contributed by atoms with Crippen molar-refractivity contribution < 1.29 is 9.90 Å². The summed E-state index contributed by atoms with van der Waals surface area (Å²) in [6.07, 6.45) is 4.92. The van der Waals surface area contributed by atoms with Gasteiger partial charge < -0.3 is 10.0 Å². The number of aliphatic hydroxyl groups excluding tert-OH is 1. The molecule has 3 nitrogen and oxygen atoms in total. The number of rotatable bonds is 3. The third kappa shape index (κ3) is 3.30. The lowest BCUT2D eigenvalue weighted by Gasteiger charge is -2.21. The van der Waals surface area contributed by atoms with Crippen LogP contribution in [-0.2, 0) is 4.79 Å². The van der Waals surface area contributed by atoms with Crippen LogP contribution in [0.4, 0.5) is 0 Å². The van der Waals surface area contributed by atoms with Gasteiger partial charge in [0.25, 0.3) is 0 Å². The molecule has 1 saturated heterocycles. The number of amides is 1. The molecular formula is C14H15Cl2NO2. The van der Waals surface area contributed by atoms with E-state index in [0.717, 1.165) is 12.8 Å². The Labute approximate surface area is 122 Å². The maximum Gasteiger partial charge on any atom is 0.246 e. The lowest BCUT2D eigenvalue weighted by molar-refractivity contribution is -0.127. The Balaban J connectivity index is 2.10. The first-order valence-corrected chi connectivity index (χ1v) is 6.92. The standard InChI is InChI=1S/C14H15Cl2NO2/c15-12-5-1-3-10(14(12)16)6-7-13(19)17-8-2-4-11(17)9-18/h1,3,5-7,11,18H,2,4,8-9H2/t11-/m1/s1. The highest BCUT2D eigenvalue weighted by Gasteiger charge is 2.26. The summed E-state index contributed by atoms with van der Waals surface area (Å²) in [5.41, 5.74) is 0.710. The van der Waals surface area contributed by atoms with Crippen molar-refractivity contribution in [3.63, 3.8) is 0 Å². The van der Waals surface area contributed by atoms with E-state index >= 15 is 0 Å². The second kappa shape index (κ2) is 6.42. The molecule has 1 aliphatic heterocycles. The molecule has 102 valence electrons. The van der Waals surface area contributed by atoms with Gasteiger partial charge in [0.15, 0.2) is 0 Å². The SMILES string of the molecule is O=C(C=Cc1cccc(Cl)c1Cl)N1CCC[C@@H]1CO. The molecule has 19 heavy (non-hydrogen) atoms. The second-order valence-electron chi connectivity index (χ2n) is 4.49. The van der Waals surface area contributed by atoms with Gasteiger partial charge in [-0.05, 0) is 30.5 Å². The van der Waals surface area contributed by atoms with Gasteiger partial charge in [0, 0.05) is 12.6 Å². The highest BCUT2D eigenvalue weighted by Crippen LogP contribution is 2.26. The number of benzene rings is 1. The smallest absolute Gasteiger partial charge is 0.246 e. The van der Waals surface area contributed by atoms with Gasteiger partial charge in [-0.1, -0.05) is 35.3 Å². The molecule has 0 aromatic heterocycles. The lowest BCUT2D eigenvalue weighted by Crippen LogP contribution is -2.36. The molecule has 1 atom stereocenters. The molecular weight excluding hydrogens is 285 g/mol. The zero-order valence-electron chi connectivity index (χ0n) is 10.4. The third-order valence-corrected chi connectivity index (χ3v) is 4.09. The maximum absolute atomic E-state index is 12.0. The summed E-state index contributed by atoms with van der Waals surface area (Å²) < 4.78 is 0. The molecule has 0 aliphatic carbocycles. The second-order valence-corrected chi connectivity index (χ2v) is 5.27. The van der Waals surface area contributed by atoms with Gasteiger partial charge in [0.05, 0.1) is 22.7 Å². The van der Waals surface area contributed by atoms with Crippen molar-refractivity contribution in [1.29, 1.82) is 0 Å². The Morgan fingerprint density at radius 2 is 2.26 bits per heavy atom. The number of nitrogens with zero attached hydrogens (tertiary/aromatic N) is 1. The summed E-state index contributed by atoms with van der Waals surface area (Å²) in [7, 11) is 0. The number of carbonyl (C=O) groups excluding carboxylic acids is 1. The summed E-state index contributed by atoms with van der Waals surface area (Å²) in [6, 6.07) is 5.22. The quantitative estimate of drug-likeness (QED) is 0.872. The van der Waals surface area contributed by atoms with Crippen LogP contribution in [0.1, 0.15) is 18.4 Å². The summed E-state index contributed by atoms with van der Waals surface area (Å²) in [6.45, 7) is 0.704. The predicted molar refractivity (Wildman–Crippen MR) is 77.3 cm³/mol. The molecule has 0 spiro atoms. The third-order valence-electron chi connectivity index (χ3n) is 3.26. The highest BCUT2D eigenvalue weighted by atomic mass is 35.5. The van der Waals surface area contributed by atoms with Crippen LogP contribution in [0.3, 0.4) is 0 Å². The highest BCUT2D eigenvalue weighted by molar-refractivity contribution is 6.42. The van der Waals surface area contributed by atoms with E-state index in [1.807, 2.05) is 0 Å². The Morgan fingerprint density at radius 1 is 1.47 bits per heavy atom. The molecule has 0 saturated carbocycles. The molecule has 0 radical (unpaired) electrons. The number of aliphatic hydroxyl groups is 1. The van der Waals surface area contributed by atoms with E-state index in [-0.39, 0.29) is 18.6 Å². The van der Waals surface area contributed by atoms with Crippen LogP contribution in [0.25, 0.3) is 6.08 Å². The Hall–Kier alpha value is -1.03. The minimum atomic E-state index is -0.104. The van der Waals surface area contributed by atoms with Crippen LogP contribution in [0.2, 0.25) is 10.0 Å². The summed E-state index contributed by atoms with van der Waals surface area (Å²) in [4.78, 5) is 13.7. The first kappa shape index (κ1) is 14.4. The first-order valence-electron chi connectivity index (χ1n) is 6.17. The zero-order chi connectivity index (χ0) is 13.8. The van der Waals surface area contributed by atoms with Gasteiger partial charge in [-0.25, -0.2) is 0 Å². The fourth-order valence-corrected chi connectivity index (χ4v) is 2.59. The molecule has 0 unspecified atom stereocenters. The van der Waals surface area contributed by atoms with Crippen molar-refractivity contribution in [3.05, 3.63) is 39.9 Å². The van der Waals surface area contributed by atoms with E-state index in [9.17, 15) is 9.90 Å². The van der Waals surface area contributed by atoms with Crippen molar-refractivity contribution in [1.82, 2.24) is 4.90 Å². The molecule has 2 rings (SSSR count).